The molecule has 4 aromatic rings. The van der Waals surface area contributed by atoms with Gasteiger partial charge in [0.15, 0.2) is 11.5 Å². The normalized spacial score (nSPS) is 12.0. The molecule has 196 valence electrons. The van der Waals surface area contributed by atoms with E-state index in [0.717, 1.165) is 16.5 Å². The lowest BCUT2D eigenvalue weighted by Crippen LogP contribution is -2.33. The Labute approximate surface area is 225 Å². The van der Waals surface area contributed by atoms with Gasteiger partial charge in [-0.05, 0) is 54.1 Å². The first-order chi connectivity index (χ1) is 18.5. The maximum absolute atomic E-state index is 13.7. The molecule has 0 unspecified atom stereocenters. The Morgan fingerprint density at radius 2 is 1.68 bits per heavy atom. The molecule has 0 N–H and O–H groups in total. The van der Waals surface area contributed by atoms with E-state index in [0.29, 0.717) is 57.9 Å². The second-order valence-corrected chi connectivity index (χ2v) is 9.09. The zero-order valence-corrected chi connectivity index (χ0v) is 22.1. The van der Waals surface area contributed by atoms with Crippen LogP contribution in [0.5, 0.6) is 23.0 Å². The van der Waals surface area contributed by atoms with Crippen molar-refractivity contribution in [3.63, 3.8) is 0 Å². The van der Waals surface area contributed by atoms with Crippen LogP contribution in [0, 0.1) is 0 Å². The van der Waals surface area contributed by atoms with Gasteiger partial charge in [-0.2, -0.15) is 0 Å². The van der Waals surface area contributed by atoms with E-state index in [2.05, 4.69) is 0 Å². The van der Waals surface area contributed by atoms with E-state index in [9.17, 15) is 4.79 Å². The molecule has 0 saturated carbocycles. The molecule has 0 saturated heterocycles. The van der Waals surface area contributed by atoms with Gasteiger partial charge in [-0.1, -0.05) is 23.7 Å². The van der Waals surface area contributed by atoms with Gasteiger partial charge in [-0.25, -0.2) is 4.98 Å². The van der Waals surface area contributed by atoms with Gasteiger partial charge >= 0.3 is 0 Å². The molecule has 2 heterocycles. The number of carbonyl (C=O) groups excluding carboxylic acids is 1. The quantitative estimate of drug-likeness (QED) is 0.277. The average molecular weight is 535 g/mol. The van der Waals surface area contributed by atoms with Gasteiger partial charge in [-0.15, -0.1) is 0 Å². The molecular weight excluding hydrogens is 508 g/mol. The van der Waals surface area contributed by atoms with Crippen molar-refractivity contribution in [3.8, 4) is 34.3 Å². The van der Waals surface area contributed by atoms with Crippen molar-refractivity contribution >= 4 is 28.4 Å². The first-order valence-electron chi connectivity index (χ1n) is 12.0. The van der Waals surface area contributed by atoms with Crippen LogP contribution in [-0.4, -0.2) is 57.1 Å². The highest BCUT2D eigenvalue weighted by Crippen LogP contribution is 2.37. The van der Waals surface area contributed by atoms with Crippen molar-refractivity contribution in [2.45, 2.75) is 6.54 Å². The number of amides is 1. The number of fused-ring (bicyclic) bond motifs is 2. The highest BCUT2D eigenvalue weighted by molar-refractivity contribution is 6.30. The lowest BCUT2D eigenvalue weighted by atomic mass is 10.0. The van der Waals surface area contributed by atoms with Gasteiger partial charge in [-0.3, -0.25) is 4.79 Å². The first-order valence-corrected chi connectivity index (χ1v) is 12.4. The highest BCUT2D eigenvalue weighted by atomic mass is 35.5. The van der Waals surface area contributed by atoms with E-state index in [1.807, 2.05) is 42.5 Å². The molecule has 0 spiro atoms. The lowest BCUT2D eigenvalue weighted by molar-refractivity contribution is 0.0680. The third kappa shape index (κ3) is 5.05. The van der Waals surface area contributed by atoms with Crippen LogP contribution < -0.4 is 18.9 Å². The van der Waals surface area contributed by atoms with Crippen LogP contribution in [-0.2, 0) is 11.3 Å². The summed E-state index contributed by atoms with van der Waals surface area (Å²) >= 11 is 6.17. The van der Waals surface area contributed by atoms with Crippen LogP contribution in [0.2, 0.25) is 5.02 Å². The SMILES string of the molecule is COCCN(Cc1cc2c(OC)ccc(OC)c2nc1-c1ccc(Cl)cc1)C(=O)c1ccc2c(c1)OCO2. The maximum atomic E-state index is 13.7. The zero-order chi connectivity index (χ0) is 26.6. The van der Waals surface area contributed by atoms with Crippen LogP contribution >= 0.6 is 11.6 Å². The fourth-order valence-electron chi connectivity index (χ4n) is 4.44. The summed E-state index contributed by atoms with van der Waals surface area (Å²) in [4.78, 5) is 20.5. The van der Waals surface area contributed by atoms with Crippen LogP contribution in [0.3, 0.4) is 0 Å². The summed E-state index contributed by atoms with van der Waals surface area (Å²) in [5.74, 6) is 2.28. The molecule has 0 aliphatic carbocycles. The molecule has 0 radical (unpaired) electrons. The number of halogens is 1. The number of methoxy groups -OCH3 is 3. The Hall–Kier alpha value is -4.01. The van der Waals surface area contributed by atoms with E-state index in [1.165, 1.54) is 0 Å². The standard InChI is InChI=1S/C29H27ClN2O6/c1-34-13-12-32(29(33)19-6-9-24-26(15-19)38-17-37-24)16-20-14-22-23(35-2)10-11-25(36-3)28(22)31-27(20)18-4-7-21(30)8-5-18/h4-11,14-15H,12-13,16-17H2,1-3H3. The van der Waals surface area contributed by atoms with E-state index in [4.69, 9.17) is 40.3 Å². The van der Waals surface area contributed by atoms with Crippen molar-refractivity contribution in [2.24, 2.45) is 0 Å². The van der Waals surface area contributed by atoms with Gasteiger partial charge in [0.05, 0.1) is 26.5 Å². The number of hydrogen-bond acceptors (Lipinski definition) is 7. The Kier molecular flexibility index (Phi) is 7.53. The Morgan fingerprint density at radius 1 is 0.947 bits per heavy atom. The molecule has 3 aromatic carbocycles. The minimum absolute atomic E-state index is 0.138. The van der Waals surface area contributed by atoms with Crippen molar-refractivity contribution in [2.75, 3.05) is 41.3 Å². The zero-order valence-electron chi connectivity index (χ0n) is 21.3. The highest BCUT2D eigenvalue weighted by Gasteiger charge is 2.23. The monoisotopic (exact) mass is 534 g/mol. The van der Waals surface area contributed by atoms with E-state index >= 15 is 0 Å². The molecule has 1 aromatic heterocycles. The van der Waals surface area contributed by atoms with Crippen LogP contribution in [0.25, 0.3) is 22.2 Å². The van der Waals surface area contributed by atoms with E-state index < -0.39 is 0 Å². The third-order valence-corrected chi connectivity index (χ3v) is 6.63. The van der Waals surface area contributed by atoms with Gasteiger partial charge in [0, 0.05) is 41.7 Å². The minimum atomic E-state index is -0.167. The molecule has 0 bridgehead atoms. The summed E-state index contributed by atoms with van der Waals surface area (Å²) in [6.07, 6.45) is 0. The summed E-state index contributed by atoms with van der Waals surface area (Å²) in [5, 5.41) is 1.40. The van der Waals surface area contributed by atoms with Crippen LogP contribution in [0.4, 0.5) is 0 Å². The van der Waals surface area contributed by atoms with Crippen molar-refractivity contribution in [3.05, 3.63) is 76.8 Å². The first kappa shape index (κ1) is 25.6. The minimum Gasteiger partial charge on any atom is -0.496 e. The summed E-state index contributed by atoms with van der Waals surface area (Å²) in [5.41, 5.74) is 3.55. The summed E-state index contributed by atoms with van der Waals surface area (Å²) < 4.78 is 27.5. The number of hydrogen-bond donors (Lipinski definition) is 0. The summed E-state index contributed by atoms with van der Waals surface area (Å²) in [6.45, 7) is 1.15. The number of carbonyl (C=O) groups is 1. The fourth-order valence-corrected chi connectivity index (χ4v) is 4.57. The number of pyridine rings is 1. The Morgan fingerprint density at radius 3 is 2.42 bits per heavy atom. The molecule has 1 aliphatic rings. The van der Waals surface area contributed by atoms with Gasteiger partial charge in [0.25, 0.3) is 5.91 Å². The van der Waals surface area contributed by atoms with Crippen LogP contribution in [0.15, 0.2) is 60.7 Å². The number of benzene rings is 3. The number of rotatable bonds is 9. The number of nitrogens with zero attached hydrogens (tertiary/aromatic N) is 2. The average Bonchev–Trinajstić information content (AvgIpc) is 3.42. The fraction of sp³-hybridized carbons (Fsp3) is 0.241. The summed E-state index contributed by atoms with van der Waals surface area (Å²) in [7, 11) is 4.83. The number of aromatic nitrogens is 1. The van der Waals surface area contributed by atoms with Gasteiger partial charge < -0.3 is 28.6 Å². The van der Waals surface area contributed by atoms with E-state index in [-0.39, 0.29) is 19.2 Å². The molecule has 0 atom stereocenters. The van der Waals surface area contributed by atoms with Crippen molar-refractivity contribution in [1.29, 1.82) is 0 Å². The van der Waals surface area contributed by atoms with Crippen molar-refractivity contribution in [1.82, 2.24) is 9.88 Å². The topological polar surface area (TPSA) is 79.4 Å². The molecule has 1 aliphatic heterocycles. The second-order valence-electron chi connectivity index (χ2n) is 8.66. The van der Waals surface area contributed by atoms with Crippen LogP contribution in [0.1, 0.15) is 15.9 Å². The Balaban J connectivity index is 1.62. The molecule has 38 heavy (non-hydrogen) atoms. The van der Waals surface area contributed by atoms with E-state index in [1.54, 1.807) is 44.4 Å². The molecule has 0 fully saturated rings. The predicted octanol–water partition coefficient (Wildman–Crippen LogP) is 5.59. The third-order valence-electron chi connectivity index (χ3n) is 6.38. The Bertz CT molecular complexity index is 1470. The molecule has 1 amide bonds. The second kappa shape index (κ2) is 11.2. The predicted molar refractivity (Wildman–Crippen MR) is 144 cm³/mol. The smallest absolute Gasteiger partial charge is 0.254 e. The number of ether oxygens (including phenoxy) is 5. The maximum Gasteiger partial charge on any atom is 0.254 e. The molecule has 9 heteroatoms. The molecular formula is C29H27ClN2O6. The largest absolute Gasteiger partial charge is 0.496 e. The summed E-state index contributed by atoms with van der Waals surface area (Å²) in [6, 6.07) is 18.3. The van der Waals surface area contributed by atoms with Gasteiger partial charge in [0.1, 0.15) is 17.0 Å². The lowest BCUT2D eigenvalue weighted by Gasteiger charge is -2.24. The van der Waals surface area contributed by atoms with Crippen molar-refractivity contribution < 1.29 is 28.5 Å². The molecule has 5 rings (SSSR count). The molecule has 8 nitrogen and oxygen atoms in total. The van der Waals surface area contributed by atoms with Gasteiger partial charge in [0.2, 0.25) is 6.79 Å².